The maximum absolute atomic E-state index is 11.3. The minimum absolute atomic E-state index is 0.191. The van der Waals surface area contributed by atoms with Gasteiger partial charge in [-0.15, -0.1) is 5.98 Å². The van der Waals surface area contributed by atoms with E-state index in [0.717, 1.165) is 18.7 Å². The van der Waals surface area contributed by atoms with Crippen molar-refractivity contribution in [2.24, 2.45) is 0 Å². The number of rotatable bonds is 5. The molecule has 0 aromatic rings. The topological polar surface area (TPSA) is 52.6 Å². The minimum atomic E-state index is -1.96. The molecular weight excluding hydrogens is 243 g/mol. The van der Waals surface area contributed by atoms with Gasteiger partial charge in [0.2, 0.25) is 0 Å². The highest BCUT2D eigenvalue weighted by Gasteiger charge is 2.62. The lowest BCUT2D eigenvalue weighted by molar-refractivity contribution is -0.138. The predicted molar refractivity (Wildman–Crippen MR) is 72.7 cm³/mol. The normalized spacial score (nSPS) is 21.6. The molecule has 2 aliphatic rings. The summed E-state index contributed by atoms with van der Waals surface area (Å²) in [4.78, 5) is 22.6. The SMILES string of the molecule is CCC\C=C/C=C\C=C/[B-]12OC(=O)C[C+]1CC(=O)O2. The lowest BCUT2D eigenvalue weighted by Gasteiger charge is -2.20. The van der Waals surface area contributed by atoms with Crippen LogP contribution in [0, 0.1) is 5.82 Å². The van der Waals surface area contributed by atoms with E-state index in [-0.39, 0.29) is 24.8 Å². The second kappa shape index (κ2) is 5.82. The number of unbranched alkanes of at least 4 members (excludes halogenated alkanes) is 1. The standard InChI is InChI=1S/C14H17BO4/c1-2-3-4-5-6-7-8-9-15-12(10-13(16)18-15)11-14(17)19-15/h4-9H,2-3,10-11H2,1H3/b5-4-,7-6-,9-8-. The molecule has 19 heavy (non-hydrogen) atoms. The maximum Gasteiger partial charge on any atom is 0.581 e. The molecular formula is C14H17BO4. The Morgan fingerprint density at radius 1 is 1.11 bits per heavy atom. The van der Waals surface area contributed by atoms with Crippen molar-refractivity contribution >= 4 is 18.5 Å². The van der Waals surface area contributed by atoms with E-state index >= 15 is 0 Å². The summed E-state index contributed by atoms with van der Waals surface area (Å²) in [5.74, 6) is 1.79. The minimum Gasteiger partial charge on any atom is -0.610 e. The van der Waals surface area contributed by atoms with Crippen LogP contribution in [-0.2, 0) is 18.9 Å². The number of fused-ring (bicyclic) bond motifs is 1. The first kappa shape index (κ1) is 13.5. The molecule has 2 saturated heterocycles. The summed E-state index contributed by atoms with van der Waals surface area (Å²) in [5, 5.41) is 0. The first-order chi connectivity index (χ1) is 9.16. The van der Waals surface area contributed by atoms with Crippen molar-refractivity contribution in [3.63, 3.8) is 0 Å². The lowest BCUT2D eigenvalue weighted by Crippen LogP contribution is -2.37. The van der Waals surface area contributed by atoms with Crippen LogP contribution in [0.1, 0.15) is 32.6 Å². The maximum atomic E-state index is 11.3. The van der Waals surface area contributed by atoms with Gasteiger partial charge in [0, 0.05) is 5.82 Å². The largest absolute Gasteiger partial charge is 0.610 e. The molecule has 2 fully saturated rings. The summed E-state index contributed by atoms with van der Waals surface area (Å²) in [5.41, 5.74) is 0. The van der Waals surface area contributed by atoms with E-state index in [1.807, 2.05) is 18.2 Å². The Kier molecular flexibility index (Phi) is 4.15. The van der Waals surface area contributed by atoms with Crippen molar-refractivity contribution in [2.45, 2.75) is 32.6 Å². The molecule has 4 nitrogen and oxygen atoms in total. The monoisotopic (exact) mass is 260 g/mol. The summed E-state index contributed by atoms with van der Waals surface area (Å²) >= 11 is 0. The third kappa shape index (κ3) is 3.10. The molecule has 0 bridgehead atoms. The van der Waals surface area contributed by atoms with Crippen LogP contribution in [0.5, 0.6) is 0 Å². The zero-order valence-electron chi connectivity index (χ0n) is 11.0. The van der Waals surface area contributed by atoms with Crippen molar-refractivity contribution in [1.29, 1.82) is 0 Å². The summed E-state index contributed by atoms with van der Waals surface area (Å²) in [6.07, 6.45) is 12.1. The molecule has 0 unspecified atom stereocenters. The Morgan fingerprint density at radius 3 is 2.37 bits per heavy atom. The lowest BCUT2D eigenvalue weighted by atomic mass is 9.49. The molecule has 0 aromatic carbocycles. The molecule has 0 aliphatic carbocycles. The Hall–Kier alpha value is -1.91. The van der Waals surface area contributed by atoms with Gasteiger partial charge in [-0.3, -0.25) is 9.59 Å². The van der Waals surface area contributed by atoms with E-state index < -0.39 is 6.55 Å². The highest BCUT2D eigenvalue weighted by Crippen LogP contribution is 2.40. The van der Waals surface area contributed by atoms with Crippen molar-refractivity contribution in [3.05, 3.63) is 42.2 Å². The number of hydrogen-bond acceptors (Lipinski definition) is 4. The van der Waals surface area contributed by atoms with Crippen LogP contribution in [-0.4, -0.2) is 18.5 Å². The Labute approximate surface area is 113 Å². The van der Waals surface area contributed by atoms with Crippen molar-refractivity contribution in [3.8, 4) is 0 Å². The average Bonchev–Trinajstić information content (AvgIpc) is 2.79. The predicted octanol–water partition coefficient (Wildman–Crippen LogP) is 2.44. The van der Waals surface area contributed by atoms with Gasteiger partial charge in [0.1, 0.15) is 12.8 Å². The van der Waals surface area contributed by atoms with E-state index in [0.29, 0.717) is 0 Å². The fourth-order valence-corrected chi connectivity index (χ4v) is 2.28. The van der Waals surface area contributed by atoms with Crippen molar-refractivity contribution in [2.75, 3.05) is 0 Å². The summed E-state index contributed by atoms with van der Waals surface area (Å²) in [7, 11) is 0. The Bertz CT molecular complexity index is 430. The first-order valence-corrected chi connectivity index (χ1v) is 6.61. The summed E-state index contributed by atoms with van der Waals surface area (Å²) in [6, 6.07) is 0. The smallest absolute Gasteiger partial charge is 0.581 e. The quantitative estimate of drug-likeness (QED) is 0.433. The van der Waals surface area contributed by atoms with Gasteiger partial charge < -0.3 is 9.31 Å². The van der Waals surface area contributed by atoms with Crippen LogP contribution in [0.3, 0.4) is 0 Å². The molecule has 0 aromatic heterocycles. The number of allylic oxidation sites excluding steroid dienone is 5. The molecule has 0 amide bonds. The molecule has 0 atom stereocenters. The van der Waals surface area contributed by atoms with Crippen molar-refractivity contribution < 1.29 is 18.9 Å². The van der Waals surface area contributed by atoms with Crippen LogP contribution >= 0.6 is 0 Å². The van der Waals surface area contributed by atoms with Crippen LogP contribution in [0.15, 0.2) is 36.4 Å². The Balaban J connectivity index is 1.96. The first-order valence-electron chi connectivity index (χ1n) is 6.61. The molecule has 0 saturated carbocycles. The van der Waals surface area contributed by atoms with Crippen LogP contribution in [0.4, 0.5) is 0 Å². The van der Waals surface area contributed by atoms with Gasteiger partial charge in [0.25, 0.3) is 0 Å². The van der Waals surface area contributed by atoms with Crippen LogP contribution in [0.2, 0.25) is 0 Å². The van der Waals surface area contributed by atoms with E-state index in [1.54, 1.807) is 12.1 Å². The third-order valence-electron chi connectivity index (χ3n) is 3.21. The molecule has 2 heterocycles. The van der Waals surface area contributed by atoms with Gasteiger partial charge in [0.15, 0.2) is 0 Å². The fraction of sp³-hybridized carbons (Fsp3) is 0.357. The molecule has 2 rings (SSSR count). The van der Waals surface area contributed by atoms with Gasteiger partial charge in [-0.25, -0.2) is 0 Å². The van der Waals surface area contributed by atoms with Crippen molar-refractivity contribution in [1.82, 2.24) is 0 Å². The second-order valence-corrected chi connectivity index (χ2v) is 4.75. The molecule has 0 radical (unpaired) electrons. The van der Waals surface area contributed by atoms with E-state index in [4.69, 9.17) is 9.31 Å². The highest BCUT2D eigenvalue weighted by molar-refractivity contribution is 6.84. The average molecular weight is 260 g/mol. The van der Waals surface area contributed by atoms with E-state index in [9.17, 15) is 9.59 Å². The summed E-state index contributed by atoms with van der Waals surface area (Å²) < 4.78 is 10.4. The van der Waals surface area contributed by atoms with Gasteiger partial charge >= 0.3 is 18.5 Å². The number of carbonyl (C=O) groups excluding carboxylic acids is 2. The molecule has 2 aliphatic heterocycles. The second-order valence-electron chi connectivity index (χ2n) is 4.75. The highest BCUT2D eigenvalue weighted by atomic mass is 16.7. The summed E-state index contributed by atoms with van der Waals surface area (Å²) in [6.45, 7) is 0.159. The molecule has 0 N–H and O–H groups in total. The van der Waals surface area contributed by atoms with E-state index in [2.05, 4.69) is 13.0 Å². The molecule has 100 valence electrons. The zero-order chi connectivity index (χ0) is 13.7. The van der Waals surface area contributed by atoms with E-state index in [1.165, 1.54) is 0 Å². The number of carbonyl (C=O) groups is 2. The number of hydrogen-bond donors (Lipinski definition) is 0. The molecule has 0 spiro atoms. The van der Waals surface area contributed by atoms with Crippen LogP contribution < -0.4 is 0 Å². The Morgan fingerprint density at radius 2 is 1.74 bits per heavy atom. The zero-order valence-corrected chi connectivity index (χ0v) is 11.0. The van der Waals surface area contributed by atoms with Gasteiger partial charge in [0.05, 0.1) is 0 Å². The van der Waals surface area contributed by atoms with Crippen LogP contribution in [0.25, 0.3) is 0 Å². The molecule has 5 heteroatoms. The third-order valence-corrected chi connectivity index (χ3v) is 3.21. The van der Waals surface area contributed by atoms with Gasteiger partial charge in [-0.1, -0.05) is 43.7 Å². The van der Waals surface area contributed by atoms with Gasteiger partial charge in [-0.2, -0.15) is 0 Å². The van der Waals surface area contributed by atoms with Gasteiger partial charge in [-0.05, 0) is 6.42 Å². The fourth-order valence-electron chi connectivity index (χ4n) is 2.28.